The largest absolute Gasteiger partial charge is 0.322 e. The summed E-state index contributed by atoms with van der Waals surface area (Å²) in [6.07, 6.45) is 0. The molecule has 1 aliphatic heterocycles. The monoisotopic (exact) mass is 419 g/mol. The highest BCUT2D eigenvalue weighted by atomic mass is 16.2. The van der Waals surface area contributed by atoms with E-state index in [9.17, 15) is 4.79 Å². The van der Waals surface area contributed by atoms with Gasteiger partial charge in [0.15, 0.2) is 6.54 Å². The molecular formula is C25H33N5O+2. The summed E-state index contributed by atoms with van der Waals surface area (Å²) in [6.45, 7) is 12.0. The van der Waals surface area contributed by atoms with E-state index in [-0.39, 0.29) is 5.91 Å². The molecule has 0 aliphatic carbocycles. The zero-order chi connectivity index (χ0) is 21.8. The molecule has 3 N–H and O–H groups in total. The first-order valence-electron chi connectivity index (χ1n) is 11.1. The molecule has 0 atom stereocenters. The number of rotatable bonds is 6. The van der Waals surface area contributed by atoms with Crippen LogP contribution in [0, 0.1) is 20.8 Å². The number of nitrogens with zero attached hydrogens (tertiary/aromatic N) is 2. The van der Waals surface area contributed by atoms with Crippen LogP contribution in [0.2, 0.25) is 0 Å². The van der Waals surface area contributed by atoms with E-state index in [0.29, 0.717) is 6.54 Å². The molecule has 4 rings (SSSR count). The molecule has 0 unspecified atom stereocenters. The molecule has 31 heavy (non-hydrogen) atoms. The summed E-state index contributed by atoms with van der Waals surface area (Å²) in [6, 6.07) is 18.7. The van der Waals surface area contributed by atoms with E-state index in [1.54, 1.807) is 4.90 Å². The van der Waals surface area contributed by atoms with E-state index in [1.165, 1.54) is 16.0 Å². The van der Waals surface area contributed by atoms with E-state index in [2.05, 4.69) is 41.6 Å². The number of anilines is 1. The number of piperazine rings is 1. The Bertz CT molecular complexity index is 1040. The summed E-state index contributed by atoms with van der Waals surface area (Å²) < 4.78 is 1.89. The summed E-state index contributed by atoms with van der Waals surface area (Å²) in [5.74, 6) is 0.0659. The third-order valence-corrected chi connectivity index (χ3v) is 6.33. The quantitative estimate of drug-likeness (QED) is 0.552. The van der Waals surface area contributed by atoms with Crippen molar-refractivity contribution in [2.75, 3.05) is 38.0 Å². The van der Waals surface area contributed by atoms with Crippen molar-refractivity contribution in [3.8, 4) is 5.69 Å². The molecule has 1 amide bonds. The Morgan fingerprint density at radius 1 is 0.935 bits per heavy atom. The number of aromatic nitrogens is 2. The van der Waals surface area contributed by atoms with Crippen molar-refractivity contribution in [3.63, 3.8) is 0 Å². The van der Waals surface area contributed by atoms with Gasteiger partial charge in [-0.1, -0.05) is 42.5 Å². The first-order valence-corrected chi connectivity index (χ1v) is 11.1. The number of hydrogen-bond acceptors (Lipinski definition) is 2. The molecule has 2 heterocycles. The Morgan fingerprint density at radius 3 is 2.29 bits per heavy atom. The predicted octanol–water partition coefficient (Wildman–Crippen LogP) is 0.720. The Balaban J connectivity index is 1.31. The molecule has 6 heteroatoms. The molecule has 2 aromatic carbocycles. The van der Waals surface area contributed by atoms with Crippen LogP contribution >= 0.6 is 0 Å². The van der Waals surface area contributed by atoms with Gasteiger partial charge in [0.25, 0.3) is 5.91 Å². The van der Waals surface area contributed by atoms with Crippen molar-refractivity contribution in [1.82, 2.24) is 9.78 Å². The Kier molecular flexibility index (Phi) is 6.49. The topological polar surface area (TPSA) is 55.8 Å². The lowest BCUT2D eigenvalue weighted by Crippen LogP contribution is -3.28. The second-order valence-electron chi connectivity index (χ2n) is 8.62. The van der Waals surface area contributed by atoms with Gasteiger partial charge in [-0.3, -0.25) is 4.79 Å². The molecule has 1 aromatic heterocycles. The maximum atomic E-state index is 12.8. The molecule has 162 valence electrons. The van der Waals surface area contributed by atoms with Crippen molar-refractivity contribution in [2.24, 2.45) is 0 Å². The summed E-state index contributed by atoms with van der Waals surface area (Å²) in [7, 11) is 0. The third kappa shape index (κ3) is 5.03. The van der Waals surface area contributed by atoms with Crippen LogP contribution in [0.15, 0.2) is 54.6 Å². The summed E-state index contributed by atoms with van der Waals surface area (Å²) >= 11 is 0. The van der Waals surface area contributed by atoms with Crippen LogP contribution in [0.5, 0.6) is 0 Å². The second-order valence-corrected chi connectivity index (χ2v) is 8.62. The molecule has 1 aliphatic rings. The smallest absolute Gasteiger partial charge is 0.279 e. The molecular weight excluding hydrogens is 386 g/mol. The van der Waals surface area contributed by atoms with Gasteiger partial charge in [-0.2, -0.15) is 5.10 Å². The lowest BCUT2D eigenvalue weighted by molar-refractivity contribution is -1.02. The van der Waals surface area contributed by atoms with E-state index in [0.717, 1.165) is 55.5 Å². The Hall–Kier alpha value is -2.96. The van der Waals surface area contributed by atoms with Gasteiger partial charge in [0.1, 0.15) is 32.7 Å². The minimum atomic E-state index is 0.0659. The first kappa shape index (κ1) is 21.3. The molecule has 1 fully saturated rings. The number of aryl methyl sites for hydroxylation is 2. The van der Waals surface area contributed by atoms with Crippen LogP contribution in [0.4, 0.5) is 5.69 Å². The van der Waals surface area contributed by atoms with Crippen molar-refractivity contribution in [1.29, 1.82) is 0 Å². The molecule has 0 bridgehead atoms. The number of quaternary nitrogens is 2. The zero-order valence-corrected chi connectivity index (χ0v) is 18.7. The molecule has 0 spiro atoms. The highest BCUT2D eigenvalue weighted by molar-refractivity contribution is 5.92. The number of hydrogen-bond donors (Lipinski definition) is 3. The first-order chi connectivity index (χ1) is 15.0. The summed E-state index contributed by atoms with van der Waals surface area (Å²) in [5.41, 5.74) is 6.43. The van der Waals surface area contributed by atoms with Crippen LogP contribution in [0.3, 0.4) is 0 Å². The van der Waals surface area contributed by atoms with Crippen molar-refractivity contribution >= 4 is 11.6 Å². The maximum Gasteiger partial charge on any atom is 0.279 e. The minimum absolute atomic E-state index is 0.0659. The Morgan fingerprint density at radius 2 is 1.58 bits per heavy atom. The van der Waals surface area contributed by atoms with E-state index in [1.807, 2.05) is 48.9 Å². The number of nitrogens with one attached hydrogen (secondary N) is 3. The van der Waals surface area contributed by atoms with Gasteiger partial charge in [0.2, 0.25) is 0 Å². The number of para-hydroxylation sites is 1. The van der Waals surface area contributed by atoms with E-state index in [4.69, 9.17) is 0 Å². The van der Waals surface area contributed by atoms with Crippen LogP contribution in [0.1, 0.15) is 22.5 Å². The summed E-state index contributed by atoms with van der Waals surface area (Å²) in [4.78, 5) is 15.7. The average Bonchev–Trinajstić information content (AvgIpc) is 3.05. The van der Waals surface area contributed by atoms with E-state index < -0.39 is 0 Å². The van der Waals surface area contributed by atoms with Crippen molar-refractivity contribution in [3.05, 3.63) is 77.1 Å². The van der Waals surface area contributed by atoms with Crippen molar-refractivity contribution in [2.45, 2.75) is 27.3 Å². The number of amides is 1. The molecule has 3 aromatic rings. The van der Waals surface area contributed by atoms with Gasteiger partial charge in [-0.05, 0) is 38.5 Å². The van der Waals surface area contributed by atoms with Gasteiger partial charge in [-0.15, -0.1) is 0 Å². The molecule has 0 saturated carbocycles. The second kappa shape index (κ2) is 9.45. The van der Waals surface area contributed by atoms with Gasteiger partial charge >= 0.3 is 0 Å². The SMILES string of the molecule is Cc1ccccc1C[NH+]1CC[NH+](CC(=O)Nc2c(C)nn(-c3ccccc3)c2C)CC1. The lowest BCUT2D eigenvalue weighted by atomic mass is 10.1. The Labute approximate surface area is 184 Å². The lowest BCUT2D eigenvalue weighted by Gasteiger charge is -2.29. The third-order valence-electron chi connectivity index (χ3n) is 6.33. The molecule has 0 radical (unpaired) electrons. The molecule has 6 nitrogen and oxygen atoms in total. The fraction of sp³-hybridized carbons (Fsp3) is 0.360. The number of carbonyl (C=O) groups excluding carboxylic acids is 1. The van der Waals surface area contributed by atoms with Gasteiger partial charge in [-0.25, -0.2) is 4.68 Å². The number of benzene rings is 2. The van der Waals surface area contributed by atoms with Crippen LogP contribution in [-0.2, 0) is 11.3 Å². The minimum Gasteiger partial charge on any atom is -0.322 e. The average molecular weight is 420 g/mol. The van der Waals surface area contributed by atoms with Crippen LogP contribution < -0.4 is 15.1 Å². The predicted molar refractivity (Wildman–Crippen MR) is 123 cm³/mol. The maximum absolute atomic E-state index is 12.8. The molecule has 1 saturated heterocycles. The van der Waals surface area contributed by atoms with Crippen molar-refractivity contribution < 1.29 is 14.6 Å². The van der Waals surface area contributed by atoms with E-state index >= 15 is 0 Å². The standard InChI is InChI=1S/C25H31N5O/c1-19-9-7-8-10-22(19)17-28-13-15-29(16-14-28)18-24(31)26-25-20(2)27-30(21(25)3)23-11-5-4-6-12-23/h4-12H,13-18H2,1-3H3,(H,26,31)/p+2. The highest BCUT2D eigenvalue weighted by Crippen LogP contribution is 2.22. The fourth-order valence-electron chi connectivity index (χ4n) is 4.44. The summed E-state index contributed by atoms with van der Waals surface area (Å²) in [5, 5.41) is 7.75. The van der Waals surface area contributed by atoms with Crippen LogP contribution in [-0.4, -0.2) is 48.4 Å². The number of carbonyl (C=O) groups is 1. The fourth-order valence-corrected chi connectivity index (χ4v) is 4.44. The van der Waals surface area contributed by atoms with Gasteiger partial charge in [0.05, 0.1) is 22.8 Å². The van der Waals surface area contributed by atoms with Crippen LogP contribution in [0.25, 0.3) is 5.69 Å². The normalized spacial score (nSPS) is 18.7. The highest BCUT2D eigenvalue weighted by Gasteiger charge is 2.26. The zero-order valence-electron chi connectivity index (χ0n) is 18.7. The van der Waals surface area contributed by atoms with Gasteiger partial charge in [0, 0.05) is 5.56 Å². The van der Waals surface area contributed by atoms with Gasteiger partial charge < -0.3 is 15.1 Å².